The fraction of sp³-hybridized carbons (Fsp3) is 0.800. The van der Waals surface area contributed by atoms with Crippen molar-refractivity contribution >= 4 is 6.01 Å². The van der Waals surface area contributed by atoms with Gasteiger partial charge in [-0.05, 0) is 27.2 Å². The summed E-state index contributed by atoms with van der Waals surface area (Å²) in [7, 11) is 1.65. The molecule has 0 saturated carbocycles. The van der Waals surface area contributed by atoms with Gasteiger partial charge in [-0.1, -0.05) is 12.1 Å². The predicted molar refractivity (Wildman–Crippen MR) is 57.7 cm³/mol. The number of hydrogen-bond acceptors (Lipinski definition) is 5. The number of nitrogens with one attached hydrogen (secondary N) is 1. The molecule has 0 amide bonds. The van der Waals surface area contributed by atoms with Gasteiger partial charge in [0.1, 0.15) is 5.60 Å². The van der Waals surface area contributed by atoms with Gasteiger partial charge in [0.2, 0.25) is 5.82 Å². The summed E-state index contributed by atoms with van der Waals surface area (Å²) in [5.41, 5.74) is -0.472. The Morgan fingerprint density at radius 1 is 1.53 bits per heavy atom. The first-order valence-corrected chi connectivity index (χ1v) is 5.17. The number of rotatable bonds is 5. The molecule has 1 heterocycles. The lowest BCUT2D eigenvalue weighted by Crippen LogP contribution is -2.24. The average Bonchev–Trinajstić information content (AvgIpc) is 2.64. The molecule has 0 aliphatic rings. The minimum atomic E-state index is -0.472. The van der Waals surface area contributed by atoms with E-state index in [9.17, 15) is 0 Å². The Hall–Kier alpha value is -1.10. The summed E-state index contributed by atoms with van der Waals surface area (Å²) < 4.78 is 10.5. The molecule has 0 aliphatic heterocycles. The highest BCUT2D eigenvalue weighted by atomic mass is 16.5. The van der Waals surface area contributed by atoms with Crippen LogP contribution in [0.15, 0.2) is 4.52 Å². The highest BCUT2D eigenvalue weighted by Gasteiger charge is 2.30. The minimum Gasteiger partial charge on any atom is -0.370 e. The van der Waals surface area contributed by atoms with E-state index >= 15 is 0 Å². The van der Waals surface area contributed by atoms with Crippen LogP contribution in [0.1, 0.15) is 39.9 Å². The summed E-state index contributed by atoms with van der Waals surface area (Å²) in [6.45, 7) is 7.99. The standard InChI is InChI=1S/C10H19N3O2/c1-6-10(4,14-5)8-12-9(15-13-8)11-7(2)3/h7H,6H2,1-5H3,(H,11,12,13). The van der Waals surface area contributed by atoms with Gasteiger partial charge in [0, 0.05) is 13.2 Å². The van der Waals surface area contributed by atoms with Crippen LogP contribution in [0, 0.1) is 0 Å². The van der Waals surface area contributed by atoms with Crippen LogP contribution in [0.3, 0.4) is 0 Å². The SMILES string of the molecule is CCC(C)(OC)c1noc(NC(C)C)n1. The van der Waals surface area contributed by atoms with Crippen LogP contribution >= 0.6 is 0 Å². The summed E-state index contributed by atoms with van der Waals surface area (Å²) in [5.74, 6) is 0.579. The topological polar surface area (TPSA) is 60.2 Å². The van der Waals surface area contributed by atoms with Gasteiger partial charge in [-0.25, -0.2) is 0 Å². The molecule has 0 spiro atoms. The zero-order chi connectivity index (χ0) is 11.5. The fourth-order valence-electron chi connectivity index (χ4n) is 1.14. The van der Waals surface area contributed by atoms with E-state index in [1.165, 1.54) is 0 Å². The van der Waals surface area contributed by atoms with E-state index < -0.39 is 5.60 Å². The van der Waals surface area contributed by atoms with Gasteiger partial charge >= 0.3 is 6.01 Å². The Balaban J connectivity index is 2.83. The maximum atomic E-state index is 5.38. The molecule has 0 radical (unpaired) electrons. The van der Waals surface area contributed by atoms with Crippen LogP contribution in [0.4, 0.5) is 6.01 Å². The van der Waals surface area contributed by atoms with Gasteiger partial charge in [0.05, 0.1) is 0 Å². The second-order valence-corrected chi connectivity index (χ2v) is 4.01. The first-order chi connectivity index (χ1) is 7.01. The number of hydrogen-bond donors (Lipinski definition) is 1. The molecule has 1 atom stereocenters. The molecule has 0 bridgehead atoms. The number of methoxy groups -OCH3 is 1. The van der Waals surface area contributed by atoms with Crippen LogP contribution in [0.25, 0.3) is 0 Å². The number of aromatic nitrogens is 2. The Kier molecular flexibility index (Phi) is 3.68. The average molecular weight is 213 g/mol. The molecule has 0 aromatic carbocycles. The first-order valence-electron chi connectivity index (χ1n) is 5.17. The van der Waals surface area contributed by atoms with Crippen LogP contribution in [0.2, 0.25) is 0 Å². The molecule has 1 aromatic rings. The smallest absolute Gasteiger partial charge is 0.321 e. The number of nitrogens with zero attached hydrogens (tertiary/aromatic N) is 2. The van der Waals surface area contributed by atoms with Crippen LogP contribution in [0.5, 0.6) is 0 Å². The van der Waals surface area contributed by atoms with Crippen molar-refractivity contribution in [1.29, 1.82) is 0 Å². The zero-order valence-corrected chi connectivity index (χ0v) is 10.00. The normalized spacial score (nSPS) is 15.3. The molecule has 5 heteroatoms. The molecule has 1 N–H and O–H groups in total. The largest absolute Gasteiger partial charge is 0.370 e. The van der Waals surface area contributed by atoms with Crippen molar-refractivity contribution in [2.75, 3.05) is 12.4 Å². The Bertz CT molecular complexity index is 305. The highest BCUT2D eigenvalue weighted by Crippen LogP contribution is 2.26. The fourth-order valence-corrected chi connectivity index (χ4v) is 1.14. The van der Waals surface area contributed by atoms with Crippen molar-refractivity contribution in [1.82, 2.24) is 10.1 Å². The van der Waals surface area contributed by atoms with E-state index in [1.807, 2.05) is 27.7 Å². The van der Waals surface area contributed by atoms with E-state index in [-0.39, 0.29) is 6.04 Å². The second kappa shape index (κ2) is 4.61. The third-order valence-electron chi connectivity index (χ3n) is 2.44. The molecule has 0 saturated heterocycles. The lowest BCUT2D eigenvalue weighted by molar-refractivity contribution is -0.0106. The van der Waals surface area contributed by atoms with E-state index in [1.54, 1.807) is 7.11 Å². The molecule has 1 aromatic heterocycles. The number of anilines is 1. The Morgan fingerprint density at radius 3 is 2.67 bits per heavy atom. The van der Waals surface area contributed by atoms with Gasteiger partial charge in [-0.2, -0.15) is 4.98 Å². The Morgan fingerprint density at radius 2 is 2.20 bits per heavy atom. The van der Waals surface area contributed by atoms with Gasteiger partial charge < -0.3 is 14.6 Å². The monoisotopic (exact) mass is 213 g/mol. The van der Waals surface area contributed by atoms with E-state index in [0.29, 0.717) is 11.8 Å². The summed E-state index contributed by atoms with van der Waals surface area (Å²) in [4.78, 5) is 4.25. The van der Waals surface area contributed by atoms with Crippen LogP contribution in [-0.4, -0.2) is 23.3 Å². The van der Waals surface area contributed by atoms with Gasteiger partial charge in [-0.3, -0.25) is 0 Å². The van der Waals surface area contributed by atoms with Gasteiger partial charge in [-0.15, -0.1) is 0 Å². The van der Waals surface area contributed by atoms with Crippen LogP contribution in [-0.2, 0) is 10.3 Å². The zero-order valence-electron chi connectivity index (χ0n) is 10.00. The predicted octanol–water partition coefficient (Wildman–Crippen LogP) is 2.16. The lowest BCUT2D eigenvalue weighted by Gasteiger charge is -2.21. The maximum absolute atomic E-state index is 5.38. The number of ether oxygens (including phenoxy) is 1. The minimum absolute atomic E-state index is 0.272. The molecular formula is C10H19N3O2. The summed E-state index contributed by atoms with van der Waals surface area (Å²) in [5, 5.41) is 6.96. The molecule has 86 valence electrons. The molecule has 0 aliphatic carbocycles. The summed E-state index contributed by atoms with van der Waals surface area (Å²) >= 11 is 0. The third kappa shape index (κ3) is 2.68. The van der Waals surface area contributed by atoms with Crippen molar-refractivity contribution in [3.8, 4) is 0 Å². The maximum Gasteiger partial charge on any atom is 0.321 e. The third-order valence-corrected chi connectivity index (χ3v) is 2.44. The molecule has 1 rings (SSSR count). The van der Waals surface area contributed by atoms with Crippen molar-refractivity contribution in [2.45, 2.75) is 45.8 Å². The molecule has 0 fully saturated rings. The van der Waals surface area contributed by atoms with Crippen LogP contribution < -0.4 is 5.32 Å². The first kappa shape index (κ1) is 12.0. The van der Waals surface area contributed by atoms with Crippen molar-refractivity contribution in [3.05, 3.63) is 5.82 Å². The van der Waals surface area contributed by atoms with E-state index in [2.05, 4.69) is 15.5 Å². The summed E-state index contributed by atoms with van der Waals surface area (Å²) in [6, 6.07) is 0.713. The highest BCUT2D eigenvalue weighted by molar-refractivity contribution is 5.21. The van der Waals surface area contributed by atoms with Crippen molar-refractivity contribution in [3.63, 3.8) is 0 Å². The molecule has 1 unspecified atom stereocenters. The van der Waals surface area contributed by atoms with E-state index in [0.717, 1.165) is 6.42 Å². The summed E-state index contributed by atoms with van der Waals surface area (Å²) in [6.07, 6.45) is 0.796. The van der Waals surface area contributed by atoms with E-state index in [4.69, 9.17) is 9.26 Å². The molecule has 5 nitrogen and oxygen atoms in total. The van der Waals surface area contributed by atoms with Crippen molar-refractivity contribution < 1.29 is 9.26 Å². The lowest BCUT2D eigenvalue weighted by atomic mass is 10.0. The van der Waals surface area contributed by atoms with Gasteiger partial charge in [0.25, 0.3) is 0 Å². The second-order valence-electron chi connectivity index (χ2n) is 4.01. The Labute approximate surface area is 90.2 Å². The molecule has 15 heavy (non-hydrogen) atoms. The quantitative estimate of drug-likeness (QED) is 0.812. The molecular weight excluding hydrogens is 194 g/mol. The van der Waals surface area contributed by atoms with Gasteiger partial charge in [0.15, 0.2) is 0 Å². The van der Waals surface area contributed by atoms with Crippen molar-refractivity contribution in [2.24, 2.45) is 0 Å².